The quantitative estimate of drug-likeness (QED) is 0.703. The van der Waals surface area contributed by atoms with E-state index in [-0.39, 0.29) is 0 Å². The number of aryl methyl sites for hydroxylation is 3. The highest BCUT2D eigenvalue weighted by atomic mass is 16.1. The Balaban J connectivity index is 1.92. The molecule has 0 heterocycles. The molecule has 2 unspecified atom stereocenters. The smallest absolute Gasteiger partial charge is 0.167 e. The maximum Gasteiger partial charge on any atom is 0.167 e. The molecule has 0 aliphatic heterocycles. The molecule has 2 aliphatic rings. The fourth-order valence-corrected chi connectivity index (χ4v) is 3.95. The van der Waals surface area contributed by atoms with E-state index < -0.39 is 0 Å². The molecule has 1 aromatic rings. The topological polar surface area (TPSA) is 17.1 Å². The Morgan fingerprint density at radius 2 is 1.59 bits per heavy atom. The first kappa shape index (κ1) is 11.0. The molecule has 0 saturated heterocycles. The molecule has 1 heteroatoms. The summed E-state index contributed by atoms with van der Waals surface area (Å²) in [6.07, 6.45) is 3.90. The van der Waals surface area contributed by atoms with Crippen molar-refractivity contribution in [3.05, 3.63) is 34.4 Å². The van der Waals surface area contributed by atoms with Crippen LogP contribution in [0.3, 0.4) is 0 Å². The number of ketones is 1. The first-order valence-electron chi connectivity index (χ1n) is 6.71. The molecule has 2 fully saturated rings. The van der Waals surface area contributed by atoms with Gasteiger partial charge in [-0.2, -0.15) is 0 Å². The third-order valence-electron chi connectivity index (χ3n) is 4.63. The maximum atomic E-state index is 12.6. The molecule has 2 atom stereocenters. The van der Waals surface area contributed by atoms with E-state index in [1.165, 1.54) is 24.8 Å². The predicted octanol–water partition coefficient (Wildman–Crippen LogP) is 3.84. The van der Waals surface area contributed by atoms with E-state index in [9.17, 15) is 4.79 Å². The molecule has 0 aromatic heterocycles. The van der Waals surface area contributed by atoms with E-state index in [4.69, 9.17) is 0 Å². The first-order valence-corrected chi connectivity index (χ1v) is 6.71. The van der Waals surface area contributed by atoms with Crippen LogP contribution in [0.25, 0.3) is 0 Å². The van der Waals surface area contributed by atoms with Crippen molar-refractivity contribution in [2.45, 2.75) is 40.0 Å². The molecule has 90 valence electrons. The minimum Gasteiger partial charge on any atom is -0.294 e. The zero-order valence-electron chi connectivity index (χ0n) is 10.9. The van der Waals surface area contributed by atoms with Crippen LogP contribution in [0.2, 0.25) is 0 Å². The van der Waals surface area contributed by atoms with E-state index >= 15 is 0 Å². The standard InChI is InChI=1S/C16H20O/c1-9-7-10(2)14(11(3)8-9)16(17)15-12-5-4-6-13(12)15/h7-8,12-13,15H,4-6H2,1-3H3. The maximum absolute atomic E-state index is 12.6. The van der Waals surface area contributed by atoms with Crippen LogP contribution in [0.4, 0.5) is 0 Å². The molecule has 1 nitrogen and oxygen atoms in total. The lowest BCUT2D eigenvalue weighted by Crippen LogP contribution is -2.10. The third kappa shape index (κ3) is 1.64. The molecule has 0 amide bonds. The second-order valence-electron chi connectivity index (χ2n) is 5.92. The Bertz CT molecular complexity index is 453. The number of carbonyl (C=O) groups is 1. The monoisotopic (exact) mass is 228 g/mol. The molecule has 17 heavy (non-hydrogen) atoms. The van der Waals surface area contributed by atoms with Crippen molar-refractivity contribution in [3.8, 4) is 0 Å². The first-order chi connectivity index (χ1) is 8.09. The zero-order chi connectivity index (χ0) is 12.2. The summed E-state index contributed by atoms with van der Waals surface area (Å²) in [5.74, 6) is 2.24. The summed E-state index contributed by atoms with van der Waals surface area (Å²) >= 11 is 0. The van der Waals surface area contributed by atoms with Gasteiger partial charge in [0.1, 0.15) is 0 Å². The van der Waals surface area contributed by atoms with Crippen LogP contribution in [0.15, 0.2) is 12.1 Å². The lowest BCUT2D eigenvalue weighted by molar-refractivity contribution is 0.0950. The summed E-state index contributed by atoms with van der Waals surface area (Å²) < 4.78 is 0. The SMILES string of the molecule is Cc1cc(C)c(C(=O)C2C3CCCC32)c(C)c1. The van der Waals surface area contributed by atoms with Crippen LogP contribution in [0.5, 0.6) is 0 Å². The number of rotatable bonds is 2. The fraction of sp³-hybridized carbons (Fsp3) is 0.562. The molecule has 0 spiro atoms. The average Bonchev–Trinajstić information content (AvgIpc) is 2.71. The molecule has 2 aliphatic carbocycles. The zero-order valence-corrected chi connectivity index (χ0v) is 10.9. The Kier molecular flexibility index (Phi) is 2.39. The van der Waals surface area contributed by atoms with Gasteiger partial charge in [-0.15, -0.1) is 0 Å². The summed E-state index contributed by atoms with van der Waals surface area (Å²) in [6, 6.07) is 4.27. The van der Waals surface area contributed by atoms with Crippen LogP contribution in [-0.2, 0) is 0 Å². The van der Waals surface area contributed by atoms with Crippen molar-refractivity contribution in [3.63, 3.8) is 0 Å². The van der Waals surface area contributed by atoms with Crippen molar-refractivity contribution in [1.82, 2.24) is 0 Å². The molecule has 0 bridgehead atoms. The van der Waals surface area contributed by atoms with Gasteiger partial charge >= 0.3 is 0 Å². The van der Waals surface area contributed by atoms with E-state index in [1.54, 1.807) is 0 Å². The van der Waals surface area contributed by atoms with Gasteiger partial charge in [-0.3, -0.25) is 4.79 Å². The summed E-state index contributed by atoms with van der Waals surface area (Å²) in [7, 11) is 0. The van der Waals surface area contributed by atoms with Crippen molar-refractivity contribution in [1.29, 1.82) is 0 Å². The van der Waals surface area contributed by atoms with Gasteiger partial charge < -0.3 is 0 Å². The van der Waals surface area contributed by atoms with Crippen molar-refractivity contribution in [2.24, 2.45) is 17.8 Å². The lowest BCUT2D eigenvalue weighted by atomic mass is 9.92. The number of Topliss-reactive ketones (excluding diaryl/α,β-unsaturated/α-hetero) is 1. The van der Waals surface area contributed by atoms with Gasteiger partial charge in [-0.05, 0) is 56.6 Å². The van der Waals surface area contributed by atoms with Gasteiger partial charge in [0.05, 0.1) is 0 Å². The minimum absolute atomic E-state index is 0.365. The van der Waals surface area contributed by atoms with E-state index in [0.29, 0.717) is 11.7 Å². The fourth-order valence-electron chi connectivity index (χ4n) is 3.95. The van der Waals surface area contributed by atoms with Crippen LogP contribution in [0.1, 0.15) is 46.3 Å². The van der Waals surface area contributed by atoms with Gasteiger partial charge in [0.2, 0.25) is 0 Å². The molecule has 0 radical (unpaired) electrons. The summed E-state index contributed by atoms with van der Waals surface area (Å²) in [4.78, 5) is 12.6. The van der Waals surface area contributed by atoms with E-state index in [0.717, 1.165) is 28.5 Å². The number of benzene rings is 1. The highest BCUT2D eigenvalue weighted by molar-refractivity contribution is 6.02. The van der Waals surface area contributed by atoms with Gasteiger partial charge in [0.25, 0.3) is 0 Å². The Morgan fingerprint density at radius 3 is 2.12 bits per heavy atom. The van der Waals surface area contributed by atoms with Crippen molar-refractivity contribution < 1.29 is 4.79 Å². The summed E-state index contributed by atoms with van der Waals surface area (Å²) in [6.45, 7) is 6.25. The number of hydrogen-bond acceptors (Lipinski definition) is 1. The van der Waals surface area contributed by atoms with E-state index in [1.807, 2.05) is 0 Å². The molecule has 1 aromatic carbocycles. The molecule has 3 rings (SSSR count). The predicted molar refractivity (Wildman–Crippen MR) is 69.3 cm³/mol. The second kappa shape index (κ2) is 3.69. The van der Waals surface area contributed by atoms with Crippen molar-refractivity contribution in [2.75, 3.05) is 0 Å². The highest BCUT2D eigenvalue weighted by Crippen LogP contribution is 2.58. The van der Waals surface area contributed by atoms with Gasteiger partial charge in [0, 0.05) is 11.5 Å². The largest absolute Gasteiger partial charge is 0.294 e. The van der Waals surface area contributed by atoms with Crippen LogP contribution in [0, 0.1) is 38.5 Å². The summed E-state index contributed by atoms with van der Waals surface area (Å²) in [5, 5.41) is 0. The molecule has 2 saturated carbocycles. The van der Waals surface area contributed by atoms with E-state index in [2.05, 4.69) is 32.9 Å². The van der Waals surface area contributed by atoms with Crippen LogP contribution in [-0.4, -0.2) is 5.78 Å². The Morgan fingerprint density at radius 1 is 1.06 bits per heavy atom. The van der Waals surface area contributed by atoms with Crippen molar-refractivity contribution >= 4 is 5.78 Å². The number of carbonyl (C=O) groups excluding carboxylic acids is 1. The lowest BCUT2D eigenvalue weighted by Gasteiger charge is -2.11. The second-order valence-corrected chi connectivity index (χ2v) is 5.92. The summed E-state index contributed by atoms with van der Waals surface area (Å²) in [5.41, 5.74) is 4.59. The minimum atomic E-state index is 0.365. The molecular formula is C16H20O. The van der Waals surface area contributed by atoms with Gasteiger partial charge in [0.15, 0.2) is 5.78 Å². The molecule has 0 N–H and O–H groups in total. The van der Waals surface area contributed by atoms with Crippen LogP contribution < -0.4 is 0 Å². The Labute approximate surface area is 103 Å². The highest BCUT2D eigenvalue weighted by Gasteiger charge is 2.56. The number of hydrogen-bond donors (Lipinski definition) is 0. The normalized spacial score (nSPS) is 30.2. The van der Waals surface area contributed by atoms with Gasteiger partial charge in [-0.25, -0.2) is 0 Å². The molecular weight excluding hydrogens is 208 g/mol. The Hall–Kier alpha value is -1.11. The van der Waals surface area contributed by atoms with Gasteiger partial charge in [-0.1, -0.05) is 24.1 Å². The third-order valence-corrected chi connectivity index (χ3v) is 4.63. The average molecular weight is 228 g/mol. The number of fused-ring (bicyclic) bond motifs is 1. The van der Waals surface area contributed by atoms with Crippen LogP contribution >= 0.6 is 0 Å².